The van der Waals surface area contributed by atoms with Crippen LogP contribution in [-0.2, 0) is 0 Å². The van der Waals surface area contributed by atoms with Crippen LogP contribution in [0.15, 0.2) is 0 Å². The molecule has 2 heteroatoms. The monoisotopic (exact) mass is 189 g/mol. The van der Waals surface area contributed by atoms with E-state index in [2.05, 4.69) is 19.2 Å². The van der Waals surface area contributed by atoms with Crippen LogP contribution in [0.2, 0.25) is 0 Å². The van der Waals surface area contributed by atoms with E-state index in [1.54, 1.807) is 0 Å². The Morgan fingerprint density at radius 3 is 2.25 bits per heavy atom. The molecule has 1 fully saturated rings. The third-order valence-corrected chi connectivity index (χ3v) is 3.04. The van der Waals surface area contributed by atoms with Crippen LogP contribution in [-0.4, -0.2) is 11.5 Å². The van der Waals surface area contributed by atoms with Gasteiger partial charge in [0.15, 0.2) is 0 Å². The van der Waals surface area contributed by atoms with Gasteiger partial charge < -0.3 is 0 Å². The maximum absolute atomic E-state index is 6.24. The highest BCUT2D eigenvalue weighted by atomic mass is 35.5. The lowest BCUT2D eigenvalue weighted by atomic mass is 9.89. The van der Waals surface area contributed by atoms with Crippen molar-refractivity contribution in [1.29, 1.82) is 0 Å². The van der Waals surface area contributed by atoms with Crippen LogP contribution in [0, 0.1) is 5.92 Å². The zero-order chi connectivity index (χ0) is 8.97. The summed E-state index contributed by atoms with van der Waals surface area (Å²) >= 11 is 6.24. The van der Waals surface area contributed by atoms with E-state index in [1.165, 1.54) is 32.1 Å². The predicted molar refractivity (Wildman–Crippen MR) is 54.5 cm³/mol. The number of alkyl halides is 1. The van der Waals surface area contributed by atoms with Gasteiger partial charge in [-0.25, -0.2) is 0 Å². The molecular weight excluding hydrogens is 170 g/mol. The lowest BCUT2D eigenvalue weighted by Crippen LogP contribution is -2.37. The second kappa shape index (κ2) is 5.08. The van der Waals surface area contributed by atoms with Gasteiger partial charge in [-0.2, -0.15) is 0 Å². The Kier molecular flexibility index (Phi) is 4.38. The van der Waals surface area contributed by atoms with Crippen molar-refractivity contribution in [3.8, 4) is 0 Å². The van der Waals surface area contributed by atoms with Crippen LogP contribution in [0.1, 0.15) is 46.0 Å². The Balaban J connectivity index is 2.24. The largest absolute Gasteiger partial charge is 0.299 e. The molecule has 1 saturated carbocycles. The molecule has 0 aromatic heterocycles. The lowest BCUT2D eigenvalue weighted by Gasteiger charge is -2.28. The summed E-state index contributed by atoms with van der Waals surface area (Å²) in [5.74, 6) is 0.711. The molecule has 0 heterocycles. The summed E-state index contributed by atoms with van der Waals surface area (Å²) in [6, 6.07) is 0.509. The van der Waals surface area contributed by atoms with Gasteiger partial charge in [-0.3, -0.25) is 5.32 Å². The summed E-state index contributed by atoms with van der Waals surface area (Å²) in [7, 11) is 0. The molecule has 1 rings (SSSR count). The van der Waals surface area contributed by atoms with Crippen LogP contribution >= 0.6 is 11.6 Å². The highest BCUT2D eigenvalue weighted by molar-refractivity contribution is 6.20. The third kappa shape index (κ3) is 3.32. The van der Waals surface area contributed by atoms with E-state index >= 15 is 0 Å². The van der Waals surface area contributed by atoms with E-state index in [0.29, 0.717) is 12.0 Å². The highest BCUT2D eigenvalue weighted by Gasteiger charge is 2.21. The summed E-state index contributed by atoms with van der Waals surface area (Å²) in [6.45, 7) is 4.30. The standard InChI is InChI=1S/C10H20ClN/c1-8(2)12-10(11)9-6-4-3-5-7-9/h8-10,12H,3-7H2,1-2H3. The molecule has 1 atom stereocenters. The molecule has 1 nitrogen and oxygen atoms in total. The first-order valence-corrected chi connectivity index (χ1v) is 5.54. The van der Waals surface area contributed by atoms with Crippen LogP contribution in [0.4, 0.5) is 0 Å². The minimum atomic E-state index is 0.199. The molecule has 0 saturated heterocycles. The van der Waals surface area contributed by atoms with Gasteiger partial charge in [0.25, 0.3) is 0 Å². The summed E-state index contributed by atoms with van der Waals surface area (Å²) < 4.78 is 0. The maximum atomic E-state index is 6.24. The van der Waals surface area contributed by atoms with E-state index in [4.69, 9.17) is 11.6 Å². The molecular formula is C10H20ClN. The second-order valence-corrected chi connectivity index (χ2v) is 4.59. The SMILES string of the molecule is CC(C)NC(Cl)C1CCCCC1. The predicted octanol–water partition coefficient (Wildman–Crippen LogP) is 3.13. The quantitative estimate of drug-likeness (QED) is 0.532. The molecule has 1 aliphatic rings. The Bertz CT molecular complexity index is 119. The number of hydrogen-bond donors (Lipinski definition) is 1. The van der Waals surface area contributed by atoms with Crippen molar-refractivity contribution >= 4 is 11.6 Å². The normalized spacial score (nSPS) is 23.0. The van der Waals surface area contributed by atoms with E-state index in [9.17, 15) is 0 Å². The maximum Gasteiger partial charge on any atom is 0.0855 e. The molecule has 0 spiro atoms. The highest BCUT2D eigenvalue weighted by Crippen LogP contribution is 2.28. The van der Waals surface area contributed by atoms with Gasteiger partial charge in [-0.1, -0.05) is 19.3 Å². The van der Waals surface area contributed by atoms with Gasteiger partial charge in [-0.15, -0.1) is 11.6 Å². The number of rotatable bonds is 3. The fourth-order valence-electron chi connectivity index (χ4n) is 1.88. The van der Waals surface area contributed by atoms with Gasteiger partial charge in [0.1, 0.15) is 0 Å². The number of nitrogens with one attached hydrogen (secondary N) is 1. The Hall–Kier alpha value is 0.250. The molecule has 0 amide bonds. The molecule has 1 N–H and O–H groups in total. The molecule has 0 aromatic rings. The average Bonchev–Trinajstić information content (AvgIpc) is 2.05. The van der Waals surface area contributed by atoms with Crippen LogP contribution < -0.4 is 5.32 Å². The first-order valence-electron chi connectivity index (χ1n) is 5.10. The van der Waals surface area contributed by atoms with E-state index in [-0.39, 0.29) is 5.50 Å². The minimum absolute atomic E-state index is 0.199. The molecule has 0 bridgehead atoms. The van der Waals surface area contributed by atoms with Crippen molar-refractivity contribution in [2.75, 3.05) is 0 Å². The first-order chi connectivity index (χ1) is 5.70. The molecule has 0 aliphatic heterocycles. The zero-order valence-electron chi connectivity index (χ0n) is 8.15. The summed E-state index contributed by atoms with van der Waals surface area (Å²) in [6.07, 6.45) is 6.77. The molecule has 1 aliphatic carbocycles. The third-order valence-electron chi connectivity index (χ3n) is 2.56. The van der Waals surface area contributed by atoms with Crippen molar-refractivity contribution in [2.24, 2.45) is 5.92 Å². The van der Waals surface area contributed by atoms with Gasteiger partial charge in [0.05, 0.1) is 5.50 Å². The summed E-state index contributed by atoms with van der Waals surface area (Å²) in [4.78, 5) is 0. The molecule has 12 heavy (non-hydrogen) atoms. The summed E-state index contributed by atoms with van der Waals surface area (Å²) in [5.41, 5.74) is 0.199. The fourth-order valence-corrected chi connectivity index (χ4v) is 2.39. The summed E-state index contributed by atoms with van der Waals surface area (Å²) in [5, 5.41) is 3.38. The zero-order valence-corrected chi connectivity index (χ0v) is 8.90. The molecule has 0 radical (unpaired) electrons. The smallest absolute Gasteiger partial charge is 0.0855 e. The second-order valence-electron chi connectivity index (χ2n) is 4.12. The Morgan fingerprint density at radius 1 is 1.17 bits per heavy atom. The van der Waals surface area contributed by atoms with E-state index in [1.807, 2.05) is 0 Å². The van der Waals surface area contributed by atoms with Crippen molar-refractivity contribution in [3.05, 3.63) is 0 Å². The Morgan fingerprint density at radius 2 is 1.75 bits per heavy atom. The van der Waals surface area contributed by atoms with Crippen LogP contribution in [0.25, 0.3) is 0 Å². The van der Waals surface area contributed by atoms with Gasteiger partial charge >= 0.3 is 0 Å². The molecule has 0 aromatic carbocycles. The van der Waals surface area contributed by atoms with Crippen LogP contribution in [0.5, 0.6) is 0 Å². The van der Waals surface area contributed by atoms with Crippen LogP contribution in [0.3, 0.4) is 0 Å². The lowest BCUT2D eigenvalue weighted by molar-refractivity contribution is 0.310. The van der Waals surface area contributed by atoms with Gasteiger partial charge in [-0.05, 0) is 32.6 Å². The Labute approximate surface area is 80.9 Å². The van der Waals surface area contributed by atoms with E-state index in [0.717, 1.165) is 0 Å². The van der Waals surface area contributed by atoms with Gasteiger partial charge in [0.2, 0.25) is 0 Å². The fraction of sp³-hybridized carbons (Fsp3) is 1.00. The first kappa shape index (κ1) is 10.3. The van der Waals surface area contributed by atoms with Crippen molar-refractivity contribution < 1.29 is 0 Å². The van der Waals surface area contributed by atoms with Crippen molar-refractivity contribution in [3.63, 3.8) is 0 Å². The van der Waals surface area contributed by atoms with Crippen molar-refractivity contribution in [2.45, 2.75) is 57.5 Å². The molecule has 1 unspecified atom stereocenters. The minimum Gasteiger partial charge on any atom is -0.299 e. The van der Waals surface area contributed by atoms with Crippen molar-refractivity contribution in [1.82, 2.24) is 5.32 Å². The van der Waals surface area contributed by atoms with Gasteiger partial charge in [0, 0.05) is 6.04 Å². The molecule has 72 valence electrons. The topological polar surface area (TPSA) is 12.0 Å². The number of hydrogen-bond acceptors (Lipinski definition) is 1. The van der Waals surface area contributed by atoms with E-state index < -0.39 is 0 Å². The average molecular weight is 190 g/mol. The number of halogens is 1.